The van der Waals surface area contributed by atoms with Crippen LogP contribution in [0.4, 0.5) is 5.69 Å². The minimum absolute atomic E-state index is 0.0424. The van der Waals surface area contributed by atoms with Crippen molar-refractivity contribution < 1.29 is 24.0 Å². The van der Waals surface area contributed by atoms with E-state index < -0.39 is 10.9 Å². The smallest absolute Gasteiger partial charge is 0.372 e. The number of rotatable bonds is 5. The van der Waals surface area contributed by atoms with Gasteiger partial charge in [0.05, 0.1) is 17.3 Å². The number of aromatic carboxylic acids is 1. The summed E-state index contributed by atoms with van der Waals surface area (Å²) in [6, 6.07) is 7.11. The van der Waals surface area contributed by atoms with Crippen molar-refractivity contribution in [2.24, 2.45) is 0 Å². The van der Waals surface area contributed by atoms with Gasteiger partial charge in [0.1, 0.15) is 12.4 Å². The van der Waals surface area contributed by atoms with Crippen LogP contribution in [-0.4, -0.2) is 16.0 Å². The summed E-state index contributed by atoms with van der Waals surface area (Å²) < 4.78 is 10.1. The molecule has 0 spiro atoms. The van der Waals surface area contributed by atoms with Crippen LogP contribution in [0.15, 0.2) is 41.0 Å². The lowest BCUT2D eigenvalue weighted by molar-refractivity contribution is -0.384. The number of hydrogen-bond donors (Lipinski definition) is 1. The second-order valence-corrected chi connectivity index (χ2v) is 3.62. The van der Waals surface area contributed by atoms with Gasteiger partial charge in [-0.25, -0.2) is 4.79 Å². The summed E-state index contributed by atoms with van der Waals surface area (Å²) in [6.07, 6.45) is 1.25. The standard InChI is InChI=1S/C12H9NO6/c14-12(15)11-8(4-5-18-11)7-19-10-3-1-2-9(6-10)13(16)17/h1-6H,7H2,(H,14,15). The molecule has 0 radical (unpaired) electrons. The van der Waals surface area contributed by atoms with Crippen LogP contribution in [0.25, 0.3) is 0 Å². The second-order valence-electron chi connectivity index (χ2n) is 3.62. The molecule has 1 N–H and O–H groups in total. The Balaban J connectivity index is 2.10. The number of benzene rings is 1. The summed E-state index contributed by atoms with van der Waals surface area (Å²) in [6.45, 7) is -0.0424. The molecule has 0 atom stereocenters. The van der Waals surface area contributed by atoms with Crippen LogP contribution >= 0.6 is 0 Å². The molecule has 1 aromatic heterocycles. The Morgan fingerprint density at radius 3 is 2.89 bits per heavy atom. The van der Waals surface area contributed by atoms with Gasteiger partial charge in [0.2, 0.25) is 5.76 Å². The molecule has 7 nitrogen and oxygen atoms in total. The third-order valence-electron chi connectivity index (χ3n) is 2.36. The number of furan rings is 1. The van der Waals surface area contributed by atoms with Crippen molar-refractivity contribution in [3.8, 4) is 5.75 Å². The second kappa shape index (κ2) is 5.21. The van der Waals surface area contributed by atoms with Crippen LogP contribution in [0.2, 0.25) is 0 Å². The minimum atomic E-state index is -1.19. The lowest BCUT2D eigenvalue weighted by Crippen LogP contribution is -2.02. The van der Waals surface area contributed by atoms with Gasteiger partial charge in [-0.05, 0) is 12.1 Å². The van der Waals surface area contributed by atoms with E-state index in [9.17, 15) is 14.9 Å². The summed E-state index contributed by atoms with van der Waals surface area (Å²) in [5.74, 6) is -1.11. The first-order chi connectivity index (χ1) is 9.08. The fourth-order valence-corrected chi connectivity index (χ4v) is 1.48. The monoisotopic (exact) mass is 263 g/mol. The molecule has 98 valence electrons. The number of hydrogen-bond acceptors (Lipinski definition) is 5. The van der Waals surface area contributed by atoms with Crippen LogP contribution < -0.4 is 4.74 Å². The van der Waals surface area contributed by atoms with Crippen molar-refractivity contribution in [3.63, 3.8) is 0 Å². The largest absolute Gasteiger partial charge is 0.488 e. The Morgan fingerprint density at radius 1 is 1.42 bits per heavy atom. The van der Waals surface area contributed by atoms with Gasteiger partial charge < -0.3 is 14.3 Å². The van der Waals surface area contributed by atoms with Gasteiger partial charge in [0.25, 0.3) is 5.69 Å². The molecule has 7 heteroatoms. The zero-order valence-corrected chi connectivity index (χ0v) is 9.61. The number of carboxylic acids is 1. The normalized spacial score (nSPS) is 10.1. The highest BCUT2D eigenvalue weighted by atomic mass is 16.6. The third kappa shape index (κ3) is 2.89. The zero-order valence-electron chi connectivity index (χ0n) is 9.61. The van der Waals surface area contributed by atoms with Crippen molar-refractivity contribution in [2.45, 2.75) is 6.61 Å². The number of non-ortho nitro benzene ring substituents is 1. The molecule has 0 aliphatic rings. The van der Waals surface area contributed by atoms with E-state index in [1.54, 1.807) is 6.07 Å². The molecule has 0 saturated carbocycles. The van der Waals surface area contributed by atoms with E-state index in [1.165, 1.54) is 30.5 Å². The van der Waals surface area contributed by atoms with Crippen molar-refractivity contribution in [2.75, 3.05) is 0 Å². The van der Waals surface area contributed by atoms with Gasteiger partial charge in [0.15, 0.2) is 0 Å². The average Bonchev–Trinajstić information content (AvgIpc) is 2.85. The molecule has 0 bridgehead atoms. The number of ether oxygens (including phenoxy) is 1. The SMILES string of the molecule is O=C(O)c1occc1COc1cccc([N+](=O)[O-])c1. The maximum absolute atomic E-state index is 10.8. The number of carbonyl (C=O) groups is 1. The van der Waals surface area contributed by atoms with E-state index in [4.69, 9.17) is 14.3 Å². The molecule has 0 amide bonds. The van der Waals surface area contributed by atoms with Crippen LogP contribution in [0.3, 0.4) is 0 Å². The molecule has 0 aliphatic carbocycles. The molecule has 1 aromatic carbocycles. The zero-order chi connectivity index (χ0) is 13.8. The summed E-state index contributed by atoms with van der Waals surface area (Å²) in [7, 11) is 0. The summed E-state index contributed by atoms with van der Waals surface area (Å²) >= 11 is 0. The predicted molar refractivity (Wildman–Crippen MR) is 63.1 cm³/mol. The minimum Gasteiger partial charge on any atom is -0.488 e. The Hall–Kier alpha value is -2.83. The van der Waals surface area contributed by atoms with Gasteiger partial charge in [-0.15, -0.1) is 0 Å². The number of nitro groups is 1. The molecule has 2 aromatic rings. The first-order valence-corrected chi connectivity index (χ1v) is 5.25. The molecule has 19 heavy (non-hydrogen) atoms. The Labute approximate surface area is 107 Å². The van der Waals surface area contributed by atoms with Crippen molar-refractivity contribution in [1.82, 2.24) is 0 Å². The third-order valence-corrected chi connectivity index (χ3v) is 2.36. The fraction of sp³-hybridized carbons (Fsp3) is 0.0833. The Morgan fingerprint density at radius 2 is 2.21 bits per heavy atom. The maximum Gasteiger partial charge on any atom is 0.372 e. The Bertz CT molecular complexity index is 618. The molecule has 0 fully saturated rings. The van der Waals surface area contributed by atoms with Crippen LogP contribution in [-0.2, 0) is 6.61 Å². The van der Waals surface area contributed by atoms with Gasteiger partial charge in [-0.3, -0.25) is 10.1 Å². The van der Waals surface area contributed by atoms with Crippen molar-refractivity contribution in [1.29, 1.82) is 0 Å². The molecule has 1 heterocycles. The molecule has 0 unspecified atom stereocenters. The highest BCUT2D eigenvalue weighted by molar-refractivity contribution is 5.86. The first kappa shape index (κ1) is 12.6. The van der Waals surface area contributed by atoms with Gasteiger partial charge in [-0.2, -0.15) is 0 Å². The summed E-state index contributed by atoms with van der Waals surface area (Å²) in [5.41, 5.74) is 0.266. The van der Waals surface area contributed by atoms with Crippen LogP contribution in [0, 0.1) is 10.1 Å². The summed E-state index contributed by atoms with van der Waals surface area (Å²) in [5, 5.41) is 19.4. The number of carboxylic acid groups (broad SMARTS) is 1. The average molecular weight is 263 g/mol. The number of nitrogens with zero attached hydrogens (tertiary/aromatic N) is 1. The van der Waals surface area contributed by atoms with Crippen LogP contribution in [0.1, 0.15) is 16.1 Å². The predicted octanol–water partition coefficient (Wildman–Crippen LogP) is 2.47. The summed E-state index contributed by atoms with van der Waals surface area (Å²) in [4.78, 5) is 20.9. The molecular formula is C12H9NO6. The quantitative estimate of drug-likeness (QED) is 0.656. The molecule has 2 rings (SSSR count). The van der Waals surface area contributed by atoms with Gasteiger partial charge >= 0.3 is 5.97 Å². The van der Waals surface area contributed by atoms with Crippen molar-refractivity contribution >= 4 is 11.7 Å². The van der Waals surface area contributed by atoms with Gasteiger partial charge in [0, 0.05) is 11.6 Å². The molecule has 0 aliphatic heterocycles. The van der Waals surface area contributed by atoms with E-state index >= 15 is 0 Å². The maximum atomic E-state index is 10.8. The lowest BCUT2D eigenvalue weighted by atomic mass is 10.2. The van der Waals surface area contributed by atoms with E-state index in [2.05, 4.69) is 0 Å². The van der Waals surface area contributed by atoms with E-state index in [0.717, 1.165) is 0 Å². The van der Waals surface area contributed by atoms with Crippen molar-refractivity contribution in [3.05, 3.63) is 58.0 Å². The molecular weight excluding hydrogens is 254 g/mol. The van der Waals surface area contributed by atoms with E-state index in [1.807, 2.05) is 0 Å². The fourth-order valence-electron chi connectivity index (χ4n) is 1.48. The van der Waals surface area contributed by atoms with E-state index in [-0.39, 0.29) is 23.8 Å². The molecule has 0 saturated heterocycles. The van der Waals surface area contributed by atoms with Gasteiger partial charge in [-0.1, -0.05) is 6.07 Å². The van der Waals surface area contributed by atoms with E-state index in [0.29, 0.717) is 5.56 Å². The topological polar surface area (TPSA) is 103 Å². The first-order valence-electron chi connectivity index (χ1n) is 5.25. The highest BCUT2D eigenvalue weighted by Crippen LogP contribution is 2.21. The lowest BCUT2D eigenvalue weighted by Gasteiger charge is -2.04. The van der Waals surface area contributed by atoms with Crippen LogP contribution in [0.5, 0.6) is 5.75 Å². The Kier molecular flexibility index (Phi) is 3.46. The highest BCUT2D eigenvalue weighted by Gasteiger charge is 2.14. The number of nitro benzene ring substituents is 1.